The monoisotopic (exact) mass is 546 g/mol. The maximum atomic E-state index is 13.5. The average Bonchev–Trinajstić information content (AvgIpc) is 3.55. The van der Waals surface area contributed by atoms with Gasteiger partial charge in [0, 0.05) is 31.3 Å². The largest absolute Gasteiger partial charge is 0.458 e. The molecular weight excluding hydrogens is 525 g/mol. The van der Waals surface area contributed by atoms with Crippen LogP contribution in [0.2, 0.25) is 5.02 Å². The van der Waals surface area contributed by atoms with E-state index in [-0.39, 0.29) is 40.3 Å². The number of anilines is 3. The van der Waals surface area contributed by atoms with Crippen LogP contribution in [0.15, 0.2) is 42.6 Å². The Labute approximate surface area is 220 Å². The molecule has 2 fully saturated rings. The lowest BCUT2D eigenvalue weighted by molar-refractivity contribution is -0.137. The molecule has 2 amide bonds. The van der Waals surface area contributed by atoms with Crippen molar-refractivity contribution in [2.24, 2.45) is 0 Å². The van der Waals surface area contributed by atoms with Crippen molar-refractivity contribution in [3.8, 4) is 17.3 Å². The summed E-state index contributed by atoms with van der Waals surface area (Å²) in [6, 6.07) is 7.47. The first-order valence-corrected chi connectivity index (χ1v) is 12.4. The summed E-state index contributed by atoms with van der Waals surface area (Å²) >= 11 is 6.51. The smallest absolute Gasteiger partial charge is 0.416 e. The zero-order valence-corrected chi connectivity index (χ0v) is 20.7. The van der Waals surface area contributed by atoms with Gasteiger partial charge in [-0.2, -0.15) is 18.2 Å². The molecule has 0 spiro atoms. The van der Waals surface area contributed by atoms with Gasteiger partial charge in [-0.05, 0) is 30.7 Å². The first-order chi connectivity index (χ1) is 18.3. The molecule has 1 unspecified atom stereocenters. The van der Waals surface area contributed by atoms with Gasteiger partial charge in [0.1, 0.15) is 11.9 Å². The van der Waals surface area contributed by atoms with E-state index in [4.69, 9.17) is 21.1 Å². The molecule has 1 N–H and O–H groups in total. The van der Waals surface area contributed by atoms with E-state index in [0.717, 1.165) is 18.6 Å². The lowest BCUT2D eigenvalue weighted by Gasteiger charge is -2.36. The minimum absolute atomic E-state index is 0.126. The van der Waals surface area contributed by atoms with Crippen molar-refractivity contribution in [3.05, 3.63) is 53.2 Å². The third-order valence-corrected chi connectivity index (χ3v) is 7.03. The molecule has 0 saturated carbocycles. The molecule has 5 heterocycles. The molecule has 2 aromatic heterocycles. The van der Waals surface area contributed by atoms with Crippen molar-refractivity contribution in [2.45, 2.75) is 31.2 Å². The van der Waals surface area contributed by atoms with E-state index in [0.29, 0.717) is 44.2 Å². The third-order valence-electron chi connectivity index (χ3n) is 6.74. The van der Waals surface area contributed by atoms with Gasteiger partial charge in [0.05, 0.1) is 41.2 Å². The van der Waals surface area contributed by atoms with Crippen molar-refractivity contribution in [1.82, 2.24) is 15.0 Å². The number of alkyl halides is 3. The topological polar surface area (TPSA) is 92.7 Å². The summed E-state index contributed by atoms with van der Waals surface area (Å²) in [7, 11) is 0. The Morgan fingerprint density at radius 1 is 1.18 bits per heavy atom. The number of carbonyl (C=O) groups is 1. The summed E-state index contributed by atoms with van der Waals surface area (Å²) in [5.41, 5.74) is 0.195. The number of ether oxygens (including phenoxy) is 2. The van der Waals surface area contributed by atoms with Crippen LogP contribution < -0.4 is 19.9 Å². The molecule has 0 radical (unpaired) electrons. The molecule has 6 rings (SSSR count). The molecule has 2 atom stereocenters. The number of halogens is 4. The van der Waals surface area contributed by atoms with Gasteiger partial charge in [0.15, 0.2) is 5.82 Å². The van der Waals surface area contributed by atoms with E-state index in [1.807, 2.05) is 0 Å². The van der Waals surface area contributed by atoms with E-state index < -0.39 is 17.8 Å². The Morgan fingerprint density at radius 3 is 2.84 bits per heavy atom. The molecule has 3 aliphatic rings. The SMILES string of the molecule is O=C(Nc1ccnc(O[C@H]2CCOC2)n1)N1c2nc(-c3cccc(C(F)(F)F)c3)c(Cl)cc2N2CCC1C2. The highest BCUT2D eigenvalue weighted by Crippen LogP contribution is 2.43. The van der Waals surface area contributed by atoms with Crippen LogP contribution in [0.5, 0.6) is 6.01 Å². The summed E-state index contributed by atoms with van der Waals surface area (Å²) in [5.74, 6) is 0.564. The number of nitrogens with one attached hydrogen (secondary N) is 1. The van der Waals surface area contributed by atoms with Crippen LogP contribution >= 0.6 is 11.6 Å². The Bertz CT molecular complexity index is 1380. The summed E-state index contributed by atoms with van der Waals surface area (Å²) in [5, 5.41) is 2.98. The maximum absolute atomic E-state index is 13.5. The van der Waals surface area contributed by atoms with Crippen LogP contribution in [-0.2, 0) is 10.9 Å². The molecule has 2 saturated heterocycles. The number of urea groups is 1. The van der Waals surface area contributed by atoms with Gasteiger partial charge in [-0.15, -0.1) is 0 Å². The number of benzene rings is 1. The molecule has 13 heteroatoms. The van der Waals surface area contributed by atoms with Gasteiger partial charge in [0.2, 0.25) is 0 Å². The minimum atomic E-state index is -4.52. The quantitative estimate of drug-likeness (QED) is 0.492. The summed E-state index contributed by atoms with van der Waals surface area (Å²) < 4.78 is 51.1. The molecule has 3 aliphatic heterocycles. The van der Waals surface area contributed by atoms with Crippen molar-refractivity contribution in [1.29, 1.82) is 0 Å². The summed E-state index contributed by atoms with van der Waals surface area (Å²) in [4.78, 5) is 30.2. The molecule has 9 nitrogen and oxygen atoms in total. The van der Waals surface area contributed by atoms with E-state index in [2.05, 4.69) is 25.2 Å². The van der Waals surface area contributed by atoms with Crippen molar-refractivity contribution >= 4 is 35.0 Å². The zero-order chi connectivity index (χ0) is 26.4. The second-order valence-electron chi connectivity index (χ2n) is 9.26. The van der Waals surface area contributed by atoms with Crippen LogP contribution in [0.25, 0.3) is 11.3 Å². The number of fused-ring (bicyclic) bond motifs is 4. The molecule has 0 aliphatic carbocycles. The number of hydrogen-bond donors (Lipinski definition) is 1. The van der Waals surface area contributed by atoms with Crippen molar-refractivity contribution in [3.63, 3.8) is 0 Å². The second kappa shape index (κ2) is 9.59. The van der Waals surface area contributed by atoms with Gasteiger partial charge < -0.3 is 14.4 Å². The number of amides is 2. The third kappa shape index (κ3) is 4.69. The first kappa shape index (κ1) is 24.7. The first-order valence-electron chi connectivity index (χ1n) is 12.1. The lowest BCUT2D eigenvalue weighted by Crippen LogP contribution is -2.48. The fourth-order valence-corrected chi connectivity index (χ4v) is 5.18. The van der Waals surface area contributed by atoms with Gasteiger partial charge in [-0.1, -0.05) is 23.7 Å². The Balaban J connectivity index is 1.32. The van der Waals surface area contributed by atoms with Crippen LogP contribution in [-0.4, -0.2) is 59.4 Å². The van der Waals surface area contributed by atoms with Gasteiger partial charge in [-0.3, -0.25) is 10.2 Å². The van der Waals surface area contributed by atoms with Crippen LogP contribution in [0, 0.1) is 0 Å². The fraction of sp³-hybridized carbons (Fsp3) is 0.360. The van der Waals surface area contributed by atoms with Crippen molar-refractivity contribution < 1.29 is 27.4 Å². The van der Waals surface area contributed by atoms with E-state index in [1.165, 1.54) is 23.2 Å². The Kier molecular flexibility index (Phi) is 6.23. The molecule has 2 bridgehead atoms. The standard InChI is InChI=1S/C25H22ClF3N6O3/c26-18-11-19-22(33-21(18)14-2-1-3-15(10-14)25(27,28)29)35(16-5-8-34(19)12-16)24(36)32-20-4-7-30-23(31-20)38-17-6-9-37-13-17/h1-4,7,10-11,16-17H,5-6,8-9,12-13H2,(H,30,31,32,36)/t16?,17-/m0/s1. The fourth-order valence-electron chi connectivity index (χ4n) is 4.92. The van der Waals surface area contributed by atoms with E-state index >= 15 is 0 Å². The van der Waals surface area contributed by atoms with E-state index in [1.54, 1.807) is 12.1 Å². The van der Waals surface area contributed by atoms with Crippen LogP contribution in [0.4, 0.5) is 35.3 Å². The van der Waals surface area contributed by atoms with Gasteiger partial charge in [0.25, 0.3) is 0 Å². The van der Waals surface area contributed by atoms with Crippen LogP contribution in [0.1, 0.15) is 18.4 Å². The number of aromatic nitrogens is 3. The predicted molar refractivity (Wildman–Crippen MR) is 134 cm³/mol. The molecule has 38 heavy (non-hydrogen) atoms. The average molecular weight is 547 g/mol. The number of nitrogens with zero attached hydrogens (tertiary/aromatic N) is 5. The highest BCUT2D eigenvalue weighted by atomic mass is 35.5. The molecular formula is C25H22ClF3N6O3. The Hall–Kier alpha value is -3.64. The highest BCUT2D eigenvalue weighted by molar-refractivity contribution is 6.33. The predicted octanol–water partition coefficient (Wildman–Crippen LogP) is 5.01. The number of carbonyl (C=O) groups excluding carboxylic acids is 1. The lowest BCUT2D eigenvalue weighted by atomic mass is 10.1. The second-order valence-corrected chi connectivity index (χ2v) is 9.66. The Morgan fingerprint density at radius 2 is 2.05 bits per heavy atom. The molecule has 198 valence electrons. The van der Waals surface area contributed by atoms with Crippen molar-refractivity contribution in [2.75, 3.05) is 41.4 Å². The minimum Gasteiger partial charge on any atom is -0.458 e. The summed E-state index contributed by atoms with van der Waals surface area (Å²) in [6.45, 7) is 2.33. The highest BCUT2D eigenvalue weighted by Gasteiger charge is 2.41. The van der Waals surface area contributed by atoms with Gasteiger partial charge in [-0.25, -0.2) is 14.8 Å². The number of pyridine rings is 1. The number of rotatable bonds is 4. The zero-order valence-electron chi connectivity index (χ0n) is 19.9. The number of hydrogen-bond acceptors (Lipinski definition) is 7. The maximum Gasteiger partial charge on any atom is 0.416 e. The normalized spacial score (nSPS) is 20.4. The van der Waals surface area contributed by atoms with E-state index in [9.17, 15) is 18.0 Å². The van der Waals surface area contributed by atoms with Gasteiger partial charge >= 0.3 is 18.2 Å². The summed E-state index contributed by atoms with van der Waals surface area (Å²) in [6.07, 6.45) is -1.76. The molecule has 3 aromatic rings. The van der Waals surface area contributed by atoms with Crippen LogP contribution in [0.3, 0.4) is 0 Å². The molecule has 1 aromatic carbocycles.